The first kappa shape index (κ1) is 23.3. The molecule has 1 amide bonds. The van der Waals surface area contributed by atoms with Crippen LogP contribution in [0.25, 0.3) is 0 Å². The molecule has 170 valence electrons. The summed E-state index contributed by atoms with van der Waals surface area (Å²) in [6, 6.07) is 10.9. The van der Waals surface area contributed by atoms with Gasteiger partial charge in [0.2, 0.25) is 10.0 Å². The average Bonchev–Trinajstić information content (AvgIpc) is 3.09. The van der Waals surface area contributed by atoms with Gasteiger partial charge in [-0.2, -0.15) is 0 Å². The van der Waals surface area contributed by atoms with Gasteiger partial charge in [0.05, 0.1) is 24.1 Å². The topological polar surface area (TPSA) is 111 Å². The zero-order valence-corrected chi connectivity index (χ0v) is 19.3. The standard InChI is InChI=1S/C22H25N3O6S/c1-14-17(15(2)31-24-14)13-30-19-11-10-16(12-20(19)29-5)22(26)23-18-8-6-7-9-21(18)32(27,28)25(3)4/h6-12H,13H2,1-5H3,(H,23,26). The van der Waals surface area contributed by atoms with Crippen LogP contribution in [0.15, 0.2) is 51.9 Å². The highest BCUT2D eigenvalue weighted by Gasteiger charge is 2.22. The first-order valence-electron chi connectivity index (χ1n) is 9.70. The van der Waals surface area contributed by atoms with Gasteiger partial charge in [-0.05, 0) is 44.2 Å². The van der Waals surface area contributed by atoms with Crippen molar-refractivity contribution in [3.63, 3.8) is 0 Å². The number of ether oxygens (including phenoxy) is 2. The maximum Gasteiger partial charge on any atom is 0.255 e. The van der Waals surface area contributed by atoms with Crippen molar-refractivity contribution >= 4 is 21.6 Å². The van der Waals surface area contributed by atoms with Crippen molar-refractivity contribution in [2.45, 2.75) is 25.3 Å². The van der Waals surface area contributed by atoms with E-state index in [0.717, 1.165) is 15.6 Å². The molecule has 0 bridgehead atoms. The minimum Gasteiger partial charge on any atom is -0.493 e. The molecule has 3 aromatic rings. The van der Waals surface area contributed by atoms with Crippen LogP contribution in [0, 0.1) is 13.8 Å². The van der Waals surface area contributed by atoms with Crippen LogP contribution in [0.2, 0.25) is 0 Å². The third kappa shape index (κ3) is 4.76. The summed E-state index contributed by atoms with van der Waals surface area (Å²) in [4.78, 5) is 12.8. The van der Waals surface area contributed by atoms with Gasteiger partial charge in [0.1, 0.15) is 17.3 Å². The van der Waals surface area contributed by atoms with Crippen molar-refractivity contribution in [2.75, 3.05) is 26.5 Å². The molecule has 0 aliphatic heterocycles. The fraction of sp³-hybridized carbons (Fsp3) is 0.273. The second kappa shape index (κ2) is 9.41. The van der Waals surface area contributed by atoms with Crippen LogP contribution >= 0.6 is 0 Å². The molecule has 0 unspecified atom stereocenters. The Morgan fingerprint density at radius 2 is 1.84 bits per heavy atom. The quantitative estimate of drug-likeness (QED) is 0.550. The van der Waals surface area contributed by atoms with Gasteiger partial charge in [-0.1, -0.05) is 17.3 Å². The summed E-state index contributed by atoms with van der Waals surface area (Å²) in [5.74, 6) is 0.990. The number of nitrogens with zero attached hydrogens (tertiary/aromatic N) is 2. The minimum atomic E-state index is -3.73. The van der Waals surface area contributed by atoms with Crippen LogP contribution in [-0.2, 0) is 16.6 Å². The molecular weight excluding hydrogens is 434 g/mol. The van der Waals surface area contributed by atoms with Crippen molar-refractivity contribution in [3.8, 4) is 11.5 Å². The summed E-state index contributed by atoms with van der Waals surface area (Å²) in [7, 11) is 0.603. The number of amides is 1. The van der Waals surface area contributed by atoms with Gasteiger partial charge in [-0.15, -0.1) is 0 Å². The monoisotopic (exact) mass is 459 g/mol. The highest BCUT2D eigenvalue weighted by atomic mass is 32.2. The smallest absolute Gasteiger partial charge is 0.255 e. The number of methoxy groups -OCH3 is 1. The number of carbonyl (C=O) groups is 1. The molecule has 10 heteroatoms. The van der Waals surface area contributed by atoms with Crippen LogP contribution in [-0.4, -0.2) is 45.0 Å². The Balaban J connectivity index is 1.82. The second-order valence-corrected chi connectivity index (χ2v) is 9.32. The Morgan fingerprint density at radius 3 is 2.47 bits per heavy atom. The van der Waals surface area contributed by atoms with Gasteiger partial charge in [-0.25, -0.2) is 12.7 Å². The molecule has 32 heavy (non-hydrogen) atoms. The number of aromatic nitrogens is 1. The van der Waals surface area contributed by atoms with Crippen LogP contribution < -0.4 is 14.8 Å². The largest absolute Gasteiger partial charge is 0.493 e. The van der Waals surface area contributed by atoms with E-state index in [2.05, 4.69) is 10.5 Å². The molecule has 0 aliphatic rings. The molecule has 0 saturated heterocycles. The minimum absolute atomic E-state index is 0.00438. The van der Waals surface area contributed by atoms with Gasteiger partial charge in [-0.3, -0.25) is 4.79 Å². The molecule has 3 rings (SSSR count). The van der Waals surface area contributed by atoms with E-state index in [1.54, 1.807) is 31.2 Å². The molecule has 1 aromatic heterocycles. The number of benzene rings is 2. The predicted octanol–water partition coefficient (Wildman–Crippen LogP) is 3.38. The van der Waals surface area contributed by atoms with Gasteiger partial charge < -0.3 is 19.3 Å². The lowest BCUT2D eigenvalue weighted by atomic mass is 10.1. The fourth-order valence-corrected chi connectivity index (χ4v) is 4.01. The van der Waals surface area contributed by atoms with Crippen molar-refractivity contribution in [1.29, 1.82) is 0 Å². The summed E-state index contributed by atoms with van der Waals surface area (Å²) in [6.45, 7) is 3.87. The normalized spacial score (nSPS) is 11.4. The predicted molar refractivity (Wildman–Crippen MR) is 119 cm³/mol. The Morgan fingerprint density at radius 1 is 1.12 bits per heavy atom. The summed E-state index contributed by atoms with van der Waals surface area (Å²) >= 11 is 0. The molecule has 1 N–H and O–H groups in total. The summed E-state index contributed by atoms with van der Waals surface area (Å²) in [6.07, 6.45) is 0. The van der Waals surface area contributed by atoms with E-state index in [-0.39, 0.29) is 22.8 Å². The van der Waals surface area contributed by atoms with Gasteiger partial charge in [0, 0.05) is 19.7 Å². The Labute approximate surface area is 187 Å². The molecule has 0 radical (unpaired) electrons. The molecule has 2 aromatic carbocycles. The number of rotatable bonds is 8. The number of hydrogen-bond acceptors (Lipinski definition) is 7. The molecule has 1 heterocycles. The van der Waals surface area contributed by atoms with Crippen LogP contribution in [0.5, 0.6) is 11.5 Å². The fourth-order valence-electron chi connectivity index (χ4n) is 2.97. The molecule has 9 nitrogen and oxygen atoms in total. The summed E-state index contributed by atoms with van der Waals surface area (Å²) in [5, 5.41) is 6.56. The zero-order chi connectivity index (χ0) is 23.5. The maximum absolute atomic E-state index is 12.8. The van der Waals surface area contributed by atoms with E-state index in [0.29, 0.717) is 17.3 Å². The van der Waals surface area contributed by atoms with E-state index in [9.17, 15) is 13.2 Å². The van der Waals surface area contributed by atoms with Gasteiger partial charge in [0.25, 0.3) is 5.91 Å². The summed E-state index contributed by atoms with van der Waals surface area (Å²) < 4.78 is 42.6. The van der Waals surface area contributed by atoms with Crippen LogP contribution in [0.4, 0.5) is 5.69 Å². The molecule has 0 fully saturated rings. The van der Waals surface area contributed by atoms with Crippen LogP contribution in [0.3, 0.4) is 0 Å². The lowest BCUT2D eigenvalue weighted by Crippen LogP contribution is -2.24. The maximum atomic E-state index is 12.8. The molecule has 0 atom stereocenters. The van der Waals surface area contributed by atoms with E-state index in [1.807, 2.05) is 6.92 Å². The second-order valence-electron chi connectivity index (χ2n) is 7.19. The number of nitrogens with one attached hydrogen (secondary N) is 1. The zero-order valence-electron chi connectivity index (χ0n) is 18.5. The number of sulfonamides is 1. The number of aryl methyl sites for hydroxylation is 2. The first-order valence-corrected chi connectivity index (χ1v) is 11.1. The highest BCUT2D eigenvalue weighted by molar-refractivity contribution is 7.89. The van der Waals surface area contributed by atoms with E-state index in [1.165, 1.54) is 39.4 Å². The third-order valence-electron chi connectivity index (χ3n) is 4.87. The Kier molecular flexibility index (Phi) is 6.85. The lowest BCUT2D eigenvalue weighted by Gasteiger charge is -2.16. The number of anilines is 1. The third-order valence-corrected chi connectivity index (χ3v) is 6.75. The molecule has 0 spiro atoms. The summed E-state index contributed by atoms with van der Waals surface area (Å²) in [5.41, 5.74) is 2.05. The van der Waals surface area contributed by atoms with E-state index in [4.69, 9.17) is 14.0 Å². The highest BCUT2D eigenvalue weighted by Crippen LogP contribution is 2.30. The van der Waals surface area contributed by atoms with Crippen LogP contribution in [0.1, 0.15) is 27.4 Å². The average molecular weight is 460 g/mol. The number of para-hydroxylation sites is 1. The van der Waals surface area contributed by atoms with Gasteiger partial charge >= 0.3 is 0 Å². The Hall–Kier alpha value is -3.37. The van der Waals surface area contributed by atoms with E-state index < -0.39 is 15.9 Å². The van der Waals surface area contributed by atoms with Crippen molar-refractivity contribution in [1.82, 2.24) is 9.46 Å². The van der Waals surface area contributed by atoms with Crippen molar-refractivity contribution in [3.05, 3.63) is 65.0 Å². The van der Waals surface area contributed by atoms with E-state index >= 15 is 0 Å². The first-order chi connectivity index (χ1) is 15.1. The lowest BCUT2D eigenvalue weighted by molar-refractivity contribution is 0.102. The van der Waals surface area contributed by atoms with Crippen molar-refractivity contribution < 1.29 is 27.2 Å². The molecular formula is C22H25N3O6S. The van der Waals surface area contributed by atoms with Gasteiger partial charge in [0.15, 0.2) is 11.5 Å². The van der Waals surface area contributed by atoms with Crippen molar-refractivity contribution in [2.24, 2.45) is 0 Å². The SMILES string of the molecule is COc1cc(C(=O)Nc2ccccc2S(=O)(=O)N(C)C)ccc1OCc1c(C)noc1C. The number of carbonyl (C=O) groups excluding carboxylic acids is 1. The molecule has 0 aliphatic carbocycles. The molecule has 0 saturated carbocycles. The number of hydrogen-bond donors (Lipinski definition) is 1. The Bertz CT molecular complexity index is 1210.